The van der Waals surface area contributed by atoms with E-state index in [1.807, 2.05) is 26.0 Å². The van der Waals surface area contributed by atoms with Crippen LogP contribution in [0.1, 0.15) is 22.8 Å². The molecule has 1 aromatic heterocycles. The fourth-order valence-electron chi connectivity index (χ4n) is 1.72. The normalized spacial score (nSPS) is 10.6. The zero-order valence-corrected chi connectivity index (χ0v) is 10.6. The van der Waals surface area contributed by atoms with Crippen molar-refractivity contribution in [1.29, 1.82) is 0 Å². The van der Waals surface area contributed by atoms with Crippen LogP contribution in [0.25, 0.3) is 11.0 Å². The van der Waals surface area contributed by atoms with E-state index in [0.29, 0.717) is 11.0 Å². The molecule has 18 heavy (non-hydrogen) atoms. The van der Waals surface area contributed by atoms with Crippen LogP contribution in [0.4, 0.5) is 0 Å². The number of fused-ring (bicyclic) bond motifs is 1. The van der Waals surface area contributed by atoms with Crippen molar-refractivity contribution in [3.05, 3.63) is 29.6 Å². The molecule has 5 nitrogen and oxygen atoms in total. The van der Waals surface area contributed by atoms with Crippen LogP contribution in [-0.2, 0) is 9.53 Å². The Bertz CT molecular complexity index is 628. The Kier molecular flexibility index (Phi) is 3.14. The second-order valence-corrected chi connectivity index (χ2v) is 4.07. The largest absolute Gasteiger partial charge is 0.459 e. The Balaban J connectivity index is 2.49. The molecule has 0 aliphatic rings. The van der Waals surface area contributed by atoms with Gasteiger partial charge in [0.25, 0.3) is 0 Å². The third-order valence-electron chi connectivity index (χ3n) is 2.83. The van der Waals surface area contributed by atoms with E-state index in [0.717, 1.165) is 11.1 Å². The fraction of sp³-hybridized carbons (Fsp3) is 0.308. The van der Waals surface area contributed by atoms with Gasteiger partial charge in [-0.3, -0.25) is 9.36 Å². The number of hydrogen-bond donors (Lipinski definition) is 0. The smallest absolute Gasteiger partial charge is 0.397 e. The third kappa shape index (κ3) is 1.99. The Morgan fingerprint density at radius 2 is 1.94 bits per heavy atom. The van der Waals surface area contributed by atoms with Crippen molar-refractivity contribution in [3.8, 4) is 0 Å². The van der Waals surface area contributed by atoms with Crippen molar-refractivity contribution >= 4 is 22.9 Å². The molecule has 2 aromatic rings. The molecule has 0 aliphatic carbocycles. The number of esters is 1. The molecule has 5 heteroatoms. The summed E-state index contributed by atoms with van der Waals surface area (Å²) in [6.45, 7) is 5.75. The summed E-state index contributed by atoms with van der Waals surface area (Å²) >= 11 is 0. The summed E-state index contributed by atoms with van der Waals surface area (Å²) in [6, 6.07) is 3.73. The molecule has 0 N–H and O–H groups in total. The van der Waals surface area contributed by atoms with Gasteiger partial charge in [0.05, 0.1) is 17.6 Å². The highest BCUT2D eigenvalue weighted by Gasteiger charge is 2.19. The van der Waals surface area contributed by atoms with Gasteiger partial charge in [-0.15, -0.1) is 0 Å². The molecule has 0 bridgehead atoms. The van der Waals surface area contributed by atoms with E-state index in [-0.39, 0.29) is 6.61 Å². The van der Waals surface area contributed by atoms with Crippen molar-refractivity contribution in [3.63, 3.8) is 0 Å². The maximum atomic E-state index is 11.9. The number of carbonyl (C=O) groups excluding carboxylic acids is 2. The number of carbonyl (C=O) groups is 2. The zero-order chi connectivity index (χ0) is 13.3. The topological polar surface area (TPSA) is 61.2 Å². The van der Waals surface area contributed by atoms with Crippen LogP contribution < -0.4 is 0 Å². The fourth-order valence-corrected chi connectivity index (χ4v) is 1.72. The monoisotopic (exact) mass is 246 g/mol. The maximum Gasteiger partial charge on any atom is 0.397 e. The molecule has 94 valence electrons. The molecular weight excluding hydrogens is 232 g/mol. The van der Waals surface area contributed by atoms with Crippen molar-refractivity contribution in [1.82, 2.24) is 9.55 Å². The summed E-state index contributed by atoms with van der Waals surface area (Å²) in [5, 5.41) is 0. The molecule has 0 fully saturated rings. The summed E-state index contributed by atoms with van der Waals surface area (Å²) in [7, 11) is 0. The van der Waals surface area contributed by atoms with Crippen LogP contribution in [0.3, 0.4) is 0 Å². The van der Waals surface area contributed by atoms with E-state index in [1.54, 1.807) is 6.92 Å². The Morgan fingerprint density at radius 3 is 2.61 bits per heavy atom. The lowest BCUT2D eigenvalue weighted by Crippen LogP contribution is -2.23. The SMILES string of the molecule is CCOC(=O)C(=O)n1cnc2cc(C)c(C)cc21. The van der Waals surface area contributed by atoms with Gasteiger partial charge in [-0.25, -0.2) is 9.78 Å². The van der Waals surface area contributed by atoms with Crippen LogP contribution in [0, 0.1) is 13.8 Å². The highest BCUT2D eigenvalue weighted by Crippen LogP contribution is 2.18. The van der Waals surface area contributed by atoms with Gasteiger partial charge in [-0.2, -0.15) is 0 Å². The van der Waals surface area contributed by atoms with E-state index in [2.05, 4.69) is 4.98 Å². The van der Waals surface area contributed by atoms with E-state index in [4.69, 9.17) is 4.74 Å². The molecule has 0 atom stereocenters. The van der Waals surface area contributed by atoms with Gasteiger partial charge in [0.2, 0.25) is 0 Å². The molecule has 0 unspecified atom stereocenters. The van der Waals surface area contributed by atoms with Crippen molar-refractivity contribution in [2.45, 2.75) is 20.8 Å². The molecule has 2 rings (SSSR count). The van der Waals surface area contributed by atoms with Gasteiger partial charge in [-0.05, 0) is 44.0 Å². The Labute approximate surface area is 104 Å². The highest BCUT2D eigenvalue weighted by molar-refractivity contribution is 6.34. The van der Waals surface area contributed by atoms with Crippen LogP contribution in [0.5, 0.6) is 0 Å². The quantitative estimate of drug-likeness (QED) is 0.569. The summed E-state index contributed by atoms with van der Waals surface area (Å²) < 4.78 is 5.92. The lowest BCUT2D eigenvalue weighted by Gasteiger charge is -2.04. The third-order valence-corrected chi connectivity index (χ3v) is 2.83. The second kappa shape index (κ2) is 4.60. The van der Waals surface area contributed by atoms with Crippen LogP contribution in [0.15, 0.2) is 18.5 Å². The molecule has 1 heterocycles. The van der Waals surface area contributed by atoms with Crippen LogP contribution in [-0.4, -0.2) is 28.0 Å². The van der Waals surface area contributed by atoms with Gasteiger partial charge < -0.3 is 4.74 Å². The van der Waals surface area contributed by atoms with Gasteiger partial charge in [0, 0.05) is 0 Å². The first-order valence-electron chi connectivity index (χ1n) is 5.70. The summed E-state index contributed by atoms with van der Waals surface area (Å²) in [4.78, 5) is 27.4. The molecular formula is C13H14N2O3. The molecule has 0 radical (unpaired) electrons. The number of hydrogen-bond acceptors (Lipinski definition) is 4. The molecule has 0 aliphatic heterocycles. The summed E-state index contributed by atoms with van der Waals surface area (Å²) in [5.74, 6) is -1.59. The van der Waals surface area contributed by atoms with E-state index >= 15 is 0 Å². The predicted octanol–water partition coefficient (Wildman–Crippen LogP) is 1.86. The number of benzene rings is 1. The number of aromatic nitrogens is 2. The average Bonchev–Trinajstić information content (AvgIpc) is 2.72. The van der Waals surface area contributed by atoms with E-state index < -0.39 is 11.9 Å². The van der Waals surface area contributed by atoms with Gasteiger partial charge >= 0.3 is 11.9 Å². The number of aryl methyl sites for hydroxylation is 2. The number of nitrogens with zero attached hydrogens (tertiary/aromatic N) is 2. The first-order valence-corrected chi connectivity index (χ1v) is 5.70. The van der Waals surface area contributed by atoms with Crippen molar-refractivity contribution in [2.24, 2.45) is 0 Å². The Morgan fingerprint density at radius 1 is 1.28 bits per heavy atom. The average molecular weight is 246 g/mol. The number of ether oxygens (including phenoxy) is 1. The highest BCUT2D eigenvalue weighted by atomic mass is 16.5. The minimum atomic E-state index is -0.866. The molecule has 0 saturated carbocycles. The van der Waals surface area contributed by atoms with Gasteiger partial charge in [0.1, 0.15) is 6.33 Å². The second-order valence-electron chi connectivity index (χ2n) is 4.07. The van der Waals surface area contributed by atoms with E-state index in [1.165, 1.54) is 10.9 Å². The lowest BCUT2D eigenvalue weighted by molar-refractivity contribution is -0.138. The molecule has 0 saturated heterocycles. The van der Waals surface area contributed by atoms with Gasteiger partial charge in [-0.1, -0.05) is 0 Å². The minimum absolute atomic E-state index is 0.176. The zero-order valence-electron chi connectivity index (χ0n) is 10.6. The first kappa shape index (κ1) is 12.3. The van der Waals surface area contributed by atoms with Crippen molar-refractivity contribution < 1.29 is 14.3 Å². The summed E-state index contributed by atoms with van der Waals surface area (Å²) in [6.07, 6.45) is 1.35. The minimum Gasteiger partial charge on any atom is -0.459 e. The number of imidazole rings is 1. The molecule has 0 spiro atoms. The Hall–Kier alpha value is -2.17. The number of rotatable bonds is 1. The van der Waals surface area contributed by atoms with E-state index in [9.17, 15) is 9.59 Å². The molecule has 1 aromatic carbocycles. The first-order chi connectivity index (χ1) is 8.54. The lowest BCUT2D eigenvalue weighted by atomic mass is 10.1. The molecule has 0 amide bonds. The van der Waals surface area contributed by atoms with Crippen LogP contribution >= 0.6 is 0 Å². The van der Waals surface area contributed by atoms with Crippen LogP contribution in [0.2, 0.25) is 0 Å². The van der Waals surface area contributed by atoms with Gasteiger partial charge in [0.15, 0.2) is 0 Å². The maximum absolute atomic E-state index is 11.9. The predicted molar refractivity (Wildman–Crippen MR) is 66.5 cm³/mol. The standard InChI is InChI=1S/C13H14N2O3/c1-4-18-13(17)12(16)15-7-14-10-5-8(2)9(3)6-11(10)15/h5-7H,4H2,1-3H3. The summed E-state index contributed by atoms with van der Waals surface area (Å²) in [5.41, 5.74) is 3.45. The van der Waals surface area contributed by atoms with Crippen molar-refractivity contribution in [2.75, 3.05) is 6.61 Å².